The van der Waals surface area contributed by atoms with Crippen LogP contribution in [0, 0.1) is 33.5 Å². The van der Waals surface area contributed by atoms with E-state index >= 15 is 0 Å². The number of hydrazone groups is 1. The van der Waals surface area contributed by atoms with Crippen LogP contribution in [0.3, 0.4) is 0 Å². The summed E-state index contributed by atoms with van der Waals surface area (Å²) < 4.78 is 5.62. The van der Waals surface area contributed by atoms with Crippen LogP contribution in [0.2, 0.25) is 5.02 Å². The van der Waals surface area contributed by atoms with Crippen LogP contribution in [0.5, 0.6) is 0 Å². The van der Waals surface area contributed by atoms with Crippen molar-refractivity contribution >= 4 is 46.3 Å². The van der Waals surface area contributed by atoms with Crippen LogP contribution < -0.4 is 10.7 Å². The van der Waals surface area contributed by atoms with Gasteiger partial charge in [0.05, 0.1) is 12.0 Å². The van der Waals surface area contributed by atoms with Crippen LogP contribution in [0.15, 0.2) is 29.4 Å². The molecule has 4 aliphatic carbocycles. The van der Waals surface area contributed by atoms with E-state index in [1.165, 1.54) is 31.4 Å². The van der Waals surface area contributed by atoms with Gasteiger partial charge in [0.15, 0.2) is 5.11 Å². The average molecular weight is 530 g/mol. The van der Waals surface area contributed by atoms with Gasteiger partial charge in [0.25, 0.3) is 0 Å². The standard InChI is InChI=1S/C29H40ClN3O2S/c1-5-35-24(34)28(4)13-7-12-27(3)21(28)11-15-29-17-23(26(2,18-29)14-10-22(27)29)32-33-25(36)31-20-9-6-8-19(30)16-20/h6,8-9,16,21-22H,5,7,10-15,17-18H2,1-4H3,(H2,31,33,36)/b32-23+/t21-,22-,26-,27+,28+,29-/m0/s1. The van der Waals surface area contributed by atoms with E-state index in [0.717, 1.165) is 37.8 Å². The Kier molecular flexibility index (Phi) is 6.68. The van der Waals surface area contributed by atoms with Crippen LogP contribution >= 0.6 is 23.8 Å². The maximum Gasteiger partial charge on any atom is 0.312 e. The van der Waals surface area contributed by atoms with Gasteiger partial charge in [0.1, 0.15) is 0 Å². The Balaban J connectivity index is 1.35. The normalized spacial score (nSPS) is 40.2. The second-order valence-electron chi connectivity index (χ2n) is 12.6. The number of esters is 1. The third-order valence-electron chi connectivity index (χ3n) is 10.5. The molecule has 0 amide bonds. The molecule has 196 valence electrons. The molecule has 0 unspecified atom stereocenters. The highest BCUT2D eigenvalue weighted by atomic mass is 35.5. The van der Waals surface area contributed by atoms with E-state index in [4.69, 9.17) is 33.7 Å². The lowest BCUT2D eigenvalue weighted by Crippen LogP contribution is -2.58. The van der Waals surface area contributed by atoms with E-state index in [1.54, 1.807) is 0 Å². The van der Waals surface area contributed by atoms with Gasteiger partial charge in [-0.05, 0) is 118 Å². The molecule has 1 aromatic carbocycles. The van der Waals surface area contributed by atoms with E-state index in [-0.39, 0.29) is 27.6 Å². The maximum atomic E-state index is 13.2. The second-order valence-corrected chi connectivity index (χ2v) is 13.4. The Hall–Kier alpha value is -1.66. The lowest BCUT2D eigenvalue weighted by atomic mass is 9.40. The lowest BCUT2D eigenvalue weighted by molar-refractivity contribution is -0.187. The van der Waals surface area contributed by atoms with Crippen LogP contribution in [0.25, 0.3) is 0 Å². The summed E-state index contributed by atoms with van der Waals surface area (Å²) in [6, 6.07) is 7.53. The number of nitrogens with one attached hydrogen (secondary N) is 2. The molecule has 2 N–H and O–H groups in total. The van der Waals surface area contributed by atoms with Gasteiger partial charge in [-0.3, -0.25) is 10.2 Å². The Labute approximate surface area is 226 Å². The first-order chi connectivity index (χ1) is 17.0. The monoisotopic (exact) mass is 529 g/mol. The van der Waals surface area contributed by atoms with Crippen molar-refractivity contribution in [1.29, 1.82) is 0 Å². The summed E-state index contributed by atoms with van der Waals surface area (Å²) in [5.41, 5.74) is 5.43. The molecule has 6 atom stereocenters. The van der Waals surface area contributed by atoms with Crippen molar-refractivity contribution in [2.75, 3.05) is 11.9 Å². The predicted octanol–water partition coefficient (Wildman–Crippen LogP) is 7.35. The van der Waals surface area contributed by atoms with E-state index < -0.39 is 0 Å². The van der Waals surface area contributed by atoms with Gasteiger partial charge < -0.3 is 10.1 Å². The number of rotatable bonds is 4. The highest BCUT2D eigenvalue weighted by Gasteiger charge is 2.67. The molecule has 4 saturated carbocycles. The molecule has 0 radical (unpaired) electrons. The fourth-order valence-electron chi connectivity index (χ4n) is 9.09. The number of carbonyl (C=O) groups excluding carboxylic acids is 1. The molecule has 36 heavy (non-hydrogen) atoms. The number of benzene rings is 1. The highest BCUT2D eigenvalue weighted by Crippen LogP contribution is 2.73. The van der Waals surface area contributed by atoms with Crippen molar-refractivity contribution in [1.82, 2.24) is 5.43 Å². The minimum atomic E-state index is -0.360. The number of thiocarbonyl (C=S) groups is 1. The SMILES string of the molecule is CCOC(=O)[C@]1(C)CCC[C@@]2(C)[C@@H]3CC[C@@]4(C)C[C@]3(CC[C@@H]21)C/C4=N\NC(=S)Nc1cccc(Cl)c1. The fourth-order valence-corrected chi connectivity index (χ4v) is 9.44. The molecule has 5 rings (SSSR count). The number of ether oxygens (including phenoxy) is 1. The van der Waals surface area contributed by atoms with Crippen LogP contribution in [0.4, 0.5) is 5.69 Å². The zero-order valence-corrected chi connectivity index (χ0v) is 23.7. The van der Waals surface area contributed by atoms with Crippen molar-refractivity contribution in [3.63, 3.8) is 0 Å². The summed E-state index contributed by atoms with van der Waals surface area (Å²) in [4.78, 5) is 13.2. The van der Waals surface area contributed by atoms with Crippen molar-refractivity contribution in [3.8, 4) is 0 Å². The van der Waals surface area contributed by atoms with E-state index in [9.17, 15) is 4.79 Å². The van der Waals surface area contributed by atoms with Gasteiger partial charge in [-0.15, -0.1) is 0 Å². The van der Waals surface area contributed by atoms with Gasteiger partial charge >= 0.3 is 5.97 Å². The van der Waals surface area contributed by atoms with Crippen LogP contribution in [-0.4, -0.2) is 23.4 Å². The predicted molar refractivity (Wildman–Crippen MR) is 150 cm³/mol. The molecule has 7 heteroatoms. The Morgan fingerprint density at radius 3 is 2.69 bits per heavy atom. The van der Waals surface area contributed by atoms with E-state index in [2.05, 4.69) is 31.5 Å². The number of hydrogen-bond acceptors (Lipinski definition) is 4. The molecule has 0 aliphatic heterocycles. The van der Waals surface area contributed by atoms with Crippen molar-refractivity contribution in [2.45, 2.75) is 85.5 Å². The minimum absolute atomic E-state index is 0.0242. The first kappa shape index (κ1) is 26.0. The number of hydrogen-bond donors (Lipinski definition) is 2. The summed E-state index contributed by atoms with van der Waals surface area (Å²) in [7, 11) is 0. The third-order valence-corrected chi connectivity index (χ3v) is 10.9. The lowest BCUT2D eigenvalue weighted by Gasteiger charge is -2.64. The molecule has 1 spiro atoms. The van der Waals surface area contributed by atoms with Gasteiger partial charge in [-0.25, -0.2) is 0 Å². The molecule has 4 aliphatic rings. The van der Waals surface area contributed by atoms with Gasteiger partial charge in [0.2, 0.25) is 0 Å². The van der Waals surface area contributed by atoms with Crippen LogP contribution in [-0.2, 0) is 9.53 Å². The van der Waals surface area contributed by atoms with Crippen molar-refractivity contribution in [2.24, 2.45) is 38.6 Å². The van der Waals surface area contributed by atoms with Crippen LogP contribution in [0.1, 0.15) is 85.5 Å². The minimum Gasteiger partial charge on any atom is -0.466 e. The van der Waals surface area contributed by atoms with Gasteiger partial charge in [0, 0.05) is 21.8 Å². The Morgan fingerprint density at radius 1 is 1.17 bits per heavy atom. The topological polar surface area (TPSA) is 62.7 Å². The third kappa shape index (κ3) is 4.16. The van der Waals surface area contributed by atoms with E-state index in [1.807, 2.05) is 31.2 Å². The molecule has 2 bridgehead atoms. The summed E-state index contributed by atoms with van der Waals surface area (Å²) in [6.45, 7) is 9.47. The first-order valence-corrected chi connectivity index (χ1v) is 14.4. The zero-order chi connectivity index (χ0) is 25.8. The quantitative estimate of drug-likeness (QED) is 0.242. The molecular formula is C29H40ClN3O2S. The summed E-state index contributed by atoms with van der Waals surface area (Å²) in [5, 5.41) is 9.25. The number of fused-ring (bicyclic) bond motifs is 3. The average Bonchev–Trinajstić information content (AvgIpc) is 3.02. The molecule has 0 aromatic heterocycles. The van der Waals surface area contributed by atoms with Gasteiger partial charge in [-0.1, -0.05) is 37.9 Å². The maximum absolute atomic E-state index is 13.2. The molecule has 5 nitrogen and oxygen atoms in total. The highest BCUT2D eigenvalue weighted by molar-refractivity contribution is 7.80. The molecule has 0 heterocycles. The number of anilines is 1. The fraction of sp³-hybridized carbons (Fsp3) is 0.690. The summed E-state index contributed by atoms with van der Waals surface area (Å²) >= 11 is 11.6. The molecule has 1 aromatic rings. The van der Waals surface area contributed by atoms with Crippen molar-refractivity contribution in [3.05, 3.63) is 29.3 Å². The van der Waals surface area contributed by atoms with E-state index in [0.29, 0.717) is 28.6 Å². The Morgan fingerprint density at radius 2 is 1.94 bits per heavy atom. The largest absolute Gasteiger partial charge is 0.466 e. The molecule has 0 saturated heterocycles. The summed E-state index contributed by atoms with van der Waals surface area (Å²) in [5.74, 6) is 1.04. The molecular weight excluding hydrogens is 490 g/mol. The number of halogens is 1. The number of carbonyl (C=O) groups is 1. The second kappa shape index (κ2) is 9.27. The van der Waals surface area contributed by atoms with Gasteiger partial charge in [-0.2, -0.15) is 5.10 Å². The van der Waals surface area contributed by atoms with Crippen molar-refractivity contribution < 1.29 is 9.53 Å². The number of nitrogens with zero attached hydrogens (tertiary/aromatic N) is 1. The zero-order valence-electron chi connectivity index (χ0n) is 22.1. The first-order valence-electron chi connectivity index (χ1n) is 13.6. The summed E-state index contributed by atoms with van der Waals surface area (Å²) in [6.07, 6.45) is 10.1. The Bertz CT molecular complexity index is 1090. The molecule has 4 fully saturated rings. The smallest absolute Gasteiger partial charge is 0.312 e.